The summed E-state index contributed by atoms with van der Waals surface area (Å²) in [6.45, 7) is 1.92. The van der Waals surface area contributed by atoms with Crippen LogP contribution in [0.1, 0.15) is 23.5 Å². The number of hydrogen-bond donors (Lipinski definition) is 2. The lowest BCUT2D eigenvalue weighted by molar-refractivity contribution is 0.153. The summed E-state index contributed by atoms with van der Waals surface area (Å²) in [5, 5.41) is 6.48. The summed E-state index contributed by atoms with van der Waals surface area (Å²) in [6, 6.07) is 3.90. The molecule has 2 N–H and O–H groups in total. The van der Waals surface area contributed by atoms with E-state index in [2.05, 4.69) is 20.9 Å². The van der Waals surface area contributed by atoms with Gasteiger partial charge in [0.2, 0.25) is 0 Å². The van der Waals surface area contributed by atoms with Gasteiger partial charge in [-0.25, -0.2) is 14.4 Å². The van der Waals surface area contributed by atoms with Crippen LogP contribution in [0.5, 0.6) is 0 Å². The number of rotatable bonds is 2. The third-order valence-corrected chi connectivity index (χ3v) is 5.33. The third kappa shape index (κ3) is 3.34. The lowest BCUT2D eigenvalue weighted by Gasteiger charge is -2.26. The zero-order valence-electron chi connectivity index (χ0n) is 14.9. The number of hydrogen-bond acceptors (Lipinski definition) is 8. The average Bonchev–Trinajstić information content (AvgIpc) is 3.24. The van der Waals surface area contributed by atoms with Crippen molar-refractivity contribution in [1.82, 2.24) is 26.1 Å². The molecule has 0 bridgehead atoms. The molecule has 1 atom stereocenters. The van der Waals surface area contributed by atoms with E-state index in [1.165, 1.54) is 23.5 Å². The van der Waals surface area contributed by atoms with Crippen LogP contribution in [0.4, 0.5) is 4.39 Å². The van der Waals surface area contributed by atoms with Crippen molar-refractivity contribution in [1.29, 1.82) is 0 Å². The van der Waals surface area contributed by atoms with Crippen molar-refractivity contribution >= 4 is 34.5 Å². The van der Waals surface area contributed by atoms with Crippen LogP contribution in [0.15, 0.2) is 51.2 Å². The maximum Gasteiger partial charge on any atom is 0.185 e. The molecule has 2 aliphatic rings. The van der Waals surface area contributed by atoms with Crippen molar-refractivity contribution in [3.05, 3.63) is 62.6 Å². The topological polar surface area (TPSA) is 68.1 Å². The smallest absolute Gasteiger partial charge is 0.185 e. The monoisotopic (exact) mass is 405 g/mol. The normalized spacial score (nSPS) is 23.3. The summed E-state index contributed by atoms with van der Waals surface area (Å²) in [6.07, 6.45) is 1.71. The Morgan fingerprint density at radius 1 is 1.30 bits per heavy atom. The van der Waals surface area contributed by atoms with E-state index in [9.17, 15) is 4.39 Å². The maximum absolute atomic E-state index is 13.6. The van der Waals surface area contributed by atoms with E-state index in [1.807, 2.05) is 31.4 Å². The molecular weight excluding hydrogens is 389 g/mol. The molecule has 1 aromatic heterocycles. The molecule has 10 heteroatoms. The molecule has 3 heterocycles. The fraction of sp³-hybridized carbons (Fsp3) is 0.235. The second kappa shape index (κ2) is 7.01. The van der Waals surface area contributed by atoms with Crippen molar-refractivity contribution in [3.8, 4) is 0 Å². The Kier molecular flexibility index (Phi) is 4.68. The van der Waals surface area contributed by atoms with Gasteiger partial charge in [0, 0.05) is 47.5 Å². The number of nitrogens with one attached hydrogen (secondary N) is 2. The van der Waals surface area contributed by atoms with Crippen LogP contribution in [0.25, 0.3) is 0 Å². The number of hydrazine groups is 3. The number of nitrogens with zero attached hydrogens (tertiary/aromatic N) is 5. The van der Waals surface area contributed by atoms with E-state index >= 15 is 0 Å². The molecule has 2 aliphatic heterocycles. The standard InChI is InChI=1S/C17H17ClFN7S/c1-9-13(16-23-26(3)24-25(16)2)14(11-5-4-10(19)8-12(11)18)22-15(21-9)17-20-6-7-27-17/h4-8,14,23-24H,1-3H3. The second-order valence-corrected chi connectivity index (χ2v) is 7.45. The molecule has 4 rings (SSSR count). The van der Waals surface area contributed by atoms with Gasteiger partial charge in [0.05, 0.1) is 0 Å². The molecule has 140 valence electrons. The largest absolute Gasteiger partial charge is 0.289 e. The average molecular weight is 406 g/mol. The van der Waals surface area contributed by atoms with Gasteiger partial charge in [-0.2, -0.15) is 0 Å². The molecule has 27 heavy (non-hydrogen) atoms. The van der Waals surface area contributed by atoms with E-state index in [4.69, 9.17) is 16.6 Å². The molecule has 1 aromatic carbocycles. The van der Waals surface area contributed by atoms with E-state index in [-0.39, 0.29) is 5.82 Å². The first-order chi connectivity index (χ1) is 12.9. The molecule has 0 radical (unpaired) electrons. The highest BCUT2D eigenvalue weighted by Crippen LogP contribution is 2.37. The quantitative estimate of drug-likeness (QED) is 0.804. The highest BCUT2D eigenvalue weighted by atomic mass is 35.5. The van der Waals surface area contributed by atoms with Gasteiger partial charge in [0.1, 0.15) is 17.7 Å². The van der Waals surface area contributed by atoms with Crippen molar-refractivity contribution in [3.63, 3.8) is 0 Å². The Morgan fingerprint density at radius 3 is 2.74 bits per heavy atom. The van der Waals surface area contributed by atoms with Gasteiger partial charge in [-0.15, -0.1) is 22.0 Å². The molecule has 1 saturated heterocycles. The number of aliphatic imine (C=N–C) groups is 2. The lowest BCUT2D eigenvalue weighted by Crippen LogP contribution is -2.36. The fourth-order valence-corrected chi connectivity index (χ4v) is 3.94. The van der Waals surface area contributed by atoms with Crippen LogP contribution in [-0.2, 0) is 0 Å². The van der Waals surface area contributed by atoms with Gasteiger partial charge in [0.25, 0.3) is 0 Å². The van der Waals surface area contributed by atoms with E-state index in [0.29, 0.717) is 16.4 Å². The van der Waals surface area contributed by atoms with Gasteiger partial charge in [0.15, 0.2) is 10.8 Å². The zero-order valence-corrected chi connectivity index (χ0v) is 16.4. The predicted octanol–water partition coefficient (Wildman–Crippen LogP) is 2.91. The summed E-state index contributed by atoms with van der Waals surface area (Å²) in [5.74, 6) is 0.950. The molecule has 0 amide bonds. The van der Waals surface area contributed by atoms with E-state index in [1.54, 1.807) is 17.4 Å². The lowest BCUT2D eigenvalue weighted by atomic mass is 9.94. The van der Waals surface area contributed by atoms with Crippen LogP contribution < -0.4 is 11.0 Å². The summed E-state index contributed by atoms with van der Waals surface area (Å²) < 4.78 is 13.6. The minimum absolute atomic E-state index is 0.317. The maximum atomic E-state index is 13.6. The number of amidine groups is 1. The van der Waals surface area contributed by atoms with E-state index < -0.39 is 6.04 Å². The van der Waals surface area contributed by atoms with Gasteiger partial charge in [-0.1, -0.05) is 17.7 Å². The van der Waals surface area contributed by atoms with Gasteiger partial charge < -0.3 is 0 Å². The molecule has 1 fully saturated rings. The second-order valence-electron chi connectivity index (χ2n) is 6.15. The first kappa shape index (κ1) is 18.1. The third-order valence-electron chi connectivity index (χ3n) is 4.23. The number of halogens is 2. The van der Waals surface area contributed by atoms with Gasteiger partial charge in [-0.05, 0) is 19.1 Å². The summed E-state index contributed by atoms with van der Waals surface area (Å²) in [4.78, 5) is 13.8. The fourth-order valence-electron chi connectivity index (χ4n) is 3.09. The zero-order chi connectivity index (χ0) is 19.1. The molecule has 0 spiro atoms. The summed E-state index contributed by atoms with van der Waals surface area (Å²) in [5.41, 5.74) is 8.68. The van der Waals surface area contributed by atoms with Gasteiger partial charge in [-0.3, -0.25) is 15.4 Å². The molecule has 7 nitrogen and oxygen atoms in total. The van der Waals surface area contributed by atoms with Crippen LogP contribution >= 0.6 is 22.9 Å². The van der Waals surface area contributed by atoms with Crippen molar-refractivity contribution in [2.24, 2.45) is 9.98 Å². The molecule has 1 unspecified atom stereocenters. The Morgan fingerprint density at radius 2 is 2.11 bits per heavy atom. The van der Waals surface area contributed by atoms with Crippen LogP contribution in [0.3, 0.4) is 0 Å². The van der Waals surface area contributed by atoms with Crippen molar-refractivity contribution in [2.45, 2.75) is 13.0 Å². The van der Waals surface area contributed by atoms with E-state index in [0.717, 1.165) is 22.1 Å². The minimum Gasteiger partial charge on any atom is -0.289 e. The van der Waals surface area contributed by atoms with Crippen molar-refractivity contribution < 1.29 is 4.39 Å². The molecule has 2 aromatic rings. The highest BCUT2D eigenvalue weighted by Gasteiger charge is 2.33. The van der Waals surface area contributed by atoms with Crippen LogP contribution in [-0.4, -0.2) is 40.8 Å². The highest BCUT2D eigenvalue weighted by molar-refractivity contribution is 7.11. The van der Waals surface area contributed by atoms with Crippen LogP contribution in [0.2, 0.25) is 5.02 Å². The SMILES string of the molecule is CC1=NC(c2nccs2)=NC(c2ccc(F)cc2Cl)C1=C1NN(C)NN1C. The van der Waals surface area contributed by atoms with Crippen LogP contribution in [0, 0.1) is 5.82 Å². The Bertz CT molecular complexity index is 970. The first-order valence-corrected chi connectivity index (χ1v) is 9.42. The van der Waals surface area contributed by atoms with Gasteiger partial charge >= 0.3 is 0 Å². The Labute approximate surface area is 164 Å². The first-order valence-electron chi connectivity index (χ1n) is 8.17. The number of thiazole rings is 1. The molecular formula is C17H17ClFN7S. The molecule has 0 saturated carbocycles. The summed E-state index contributed by atoms with van der Waals surface area (Å²) in [7, 11) is 3.74. The van der Waals surface area contributed by atoms with Crippen molar-refractivity contribution in [2.75, 3.05) is 14.1 Å². The molecule has 0 aliphatic carbocycles. The number of benzene rings is 1. The number of aromatic nitrogens is 1. The Hall–Kier alpha value is -2.33. The minimum atomic E-state index is -0.451. The Balaban J connectivity index is 1.90. The predicted molar refractivity (Wildman–Crippen MR) is 105 cm³/mol. The summed E-state index contributed by atoms with van der Waals surface area (Å²) >= 11 is 7.84.